The van der Waals surface area contributed by atoms with Crippen LogP contribution in [0.2, 0.25) is 0 Å². The molecule has 0 unspecified atom stereocenters. The van der Waals surface area contributed by atoms with Crippen LogP contribution in [0.15, 0.2) is 24.3 Å². The van der Waals surface area contributed by atoms with Crippen LogP contribution in [0.25, 0.3) is 0 Å². The molecule has 0 saturated heterocycles. The Hall–Kier alpha value is 0.130. The molecule has 2 nitrogen and oxygen atoms in total. The minimum absolute atomic E-state index is 0.278. The lowest BCUT2D eigenvalue weighted by molar-refractivity contribution is 0.0697. The van der Waals surface area contributed by atoms with Crippen molar-refractivity contribution in [2.24, 2.45) is 0 Å². The molecule has 0 amide bonds. The number of carbonyl (C=O) groups is 1. The lowest BCUT2D eigenvalue weighted by Crippen LogP contribution is -2.00. The van der Waals surface area contributed by atoms with Gasteiger partial charge in [0.1, 0.15) is 0 Å². The molecule has 0 aromatic heterocycles. The van der Waals surface area contributed by atoms with Gasteiger partial charge < -0.3 is 5.11 Å². The highest BCUT2D eigenvalue weighted by Crippen LogP contribution is 2.44. The molecule has 13 heavy (non-hydrogen) atoms. The highest BCUT2D eigenvalue weighted by atomic mass is 80.0. The van der Waals surface area contributed by atoms with Gasteiger partial charge in [-0.25, -0.2) is 4.79 Å². The molecule has 1 N–H and O–H groups in total. The second-order valence-electron chi connectivity index (χ2n) is 2.38. The van der Waals surface area contributed by atoms with Crippen molar-refractivity contribution in [2.75, 3.05) is 0 Å². The van der Waals surface area contributed by atoms with E-state index in [0.717, 1.165) is 5.56 Å². The van der Waals surface area contributed by atoms with Gasteiger partial charge in [0, 0.05) is 0 Å². The van der Waals surface area contributed by atoms with Crippen LogP contribution in [0.5, 0.6) is 0 Å². The summed E-state index contributed by atoms with van der Waals surface area (Å²) in [7, 11) is 0. The van der Waals surface area contributed by atoms with Crippen molar-refractivity contribution < 1.29 is 9.90 Å². The van der Waals surface area contributed by atoms with Crippen LogP contribution < -0.4 is 0 Å². The van der Waals surface area contributed by atoms with Crippen LogP contribution in [0.1, 0.15) is 15.9 Å². The topological polar surface area (TPSA) is 37.3 Å². The van der Waals surface area contributed by atoms with Crippen molar-refractivity contribution in [3.8, 4) is 0 Å². The third kappa shape index (κ3) is 3.07. The molecular formula is C8H5Br3O2. The van der Waals surface area contributed by atoms with E-state index in [0.29, 0.717) is 0 Å². The second-order valence-corrected chi connectivity index (χ2v) is 9.14. The third-order valence-corrected chi connectivity index (χ3v) is 2.83. The molecule has 1 aromatic carbocycles. The normalized spacial score (nSPS) is 11.3. The minimum Gasteiger partial charge on any atom is -0.478 e. The van der Waals surface area contributed by atoms with Gasteiger partial charge in [-0.3, -0.25) is 0 Å². The number of rotatable bonds is 1. The average Bonchev–Trinajstić information content (AvgIpc) is 2.03. The van der Waals surface area contributed by atoms with Gasteiger partial charge in [-0.2, -0.15) is 0 Å². The first-order chi connectivity index (χ1) is 5.91. The van der Waals surface area contributed by atoms with E-state index in [-0.39, 0.29) is 5.56 Å². The number of hydrogen-bond acceptors (Lipinski definition) is 1. The van der Waals surface area contributed by atoms with Crippen LogP contribution in [-0.4, -0.2) is 11.1 Å². The first-order valence-corrected chi connectivity index (χ1v) is 5.70. The summed E-state index contributed by atoms with van der Waals surface area (Å²) in [5.74, 6) is -0.920. The Morgan fingerprint density at radius 1 is 1.15 bits per heavy atom. The van der Waals surface area contributed by atoms with Gasteiger partial charge >= 0.3 is 5.97 Å². The fraction of sp³-hybridized carbons (Fsp3) is 0.125. The molecule has 70 valence electrons. The van der Waals surface area contributed by atoms with E-state index < -0.39 is 8.11 Å². The number of halogens is 3. The predicted octanol–water partition coefficient (Wildman–Crippen LogP) is 3.68. The highest BCUT2D eigenvalue weighted by Gasteiger charge is 2.20. The van der Waals surface area contributed by atoms with Crippen LogP contribution in [0.3, 0.4) is 0 Å². The van der Waals surface area contributed by atoms with E-state index in [1.807, 2.05) is 0 Å². The van der Waals surface area contributed by atoms with E-state index in [2.05, 4.69) is 47.8 Å². The van der Waals surface area contributed by atoms with Crippen molar-refractivity contribution in [1.82, 2.24) is 0 Å². The van der Waals surface area contributed by atoms with E-state index in [9.17, 15) is 4.79 Å². The summed E-state index contributed by atoms with van der Waals surface area (Å²) in [6.07, 6.45) is 0. The van der Waals surface area contributed by atoms with E-state index in [1.165, 1.54) is 0 Å². The molecule has 0 aliphatic rings. The average molecular weight is 373 g/mol. The maximum absolute atomic E-state index is 10.5. The van der Waals surface area contributed by atoms with Crippen LogP contribution >= 0.6 is 47.8 Å². The molecule has 1 aromatic rings. The van der Waals surface area contributed by atoms with E-state index in [4.69, 9.17) is 5.11 Å². The van der Waals surface area contributed by atoms with Crippen molar-refractivity contribution in [1.29, 1.82) is 0 Å². The molecule has 0 fully saturated rings. The van der Waals surface area contributed by atoms with Crippen LogP contribution in [0, 0.1) is 0 Å². The molecule has 1 rings (SSSR count). The van der Waals surface area contributed by atoms with Gasteiger partial charge in [0.2, 0.25) is 0 Å². The lowest BCUT2D eigenvalue weighted by atomic mass is 10.1. The zero-order valence-electron chi connectivity index (χ0n) is 6.30. The van der Waals surface area contributed by atoms with Gasteiger partial charge in [0.05, 0.1) is 5.56 Å². The standard InChI is InChI=1S/C8H5Br3O2/c9-8(10,11)6-3-1-5(2-4-6)7(12)13/h1-4H,(H,12,13). The number of alkyl halides is 3. The van der Waals surface area contributed by atoms with Crippen LogP contribution in [-0.2, 0) is 2.14 Å². The summed E-state index contributed by atoms with van der Waals surface area (Å²) in [4.78, 5) is 10.5. The number of carboxylic acid groups (broad SMARTS) is 1. The highest BCUT2D eigenvalue weighted by molar-refractivity contribution is 9.38. The Kier molecular flexibility index (Phi) is 3.54. The largest absolute Gasteiger partial charge is 0.478 e. The Bertz CT molecular complexity index is 313. The SMILES string of the molecule is O=C(O)c1ccc(C(Br)(Br)Br)cc1. The quantitative estimate of drug-likeness (QED) is 0.763. The Morgan fingerprint density at radius 2 is 1.62 bits per heavy atom. The molecule has 0 aliphatic carbocycles. The van der Waals surface area contributed by atoms with Crippen molar-refractivity contribution in [3.63, 3.8) is 0 Å². The number of hydrogen-bond donors (Lipinski definition) is 1. The third-order valence-electron chi connectivity index (χ3n) is 1.46. The van der Waals surface area contributed by atoms with Gasteiger partial charge in [-0.05, 0) is 17.7 Å². The number of aromatic carboxylic acids is 1. The van der Waals surface area contributed by atoms with Gasteiger partial charge in [0.15, 0.2) is 2.14 Å². The first kappa shape index (κ1) is 11.2. The first-order valence-electron chi connectivity index (χ1n) is 3.32. The maximum atomic E-state index is 10.5. The maximum Gasteiger partial charge on any atom is 0.335 e. The summed E-state index contributed by atoms with van der Waals surface area (Å²) in [6, 6.07) is 6.55. The molecule has 0 bridgehead atoms. The van der Waals surface area contributed by atoms with Crippen molar-refractivity contribution in [2.45, 2.75) is 2.14 Å². The van der Waals surface area contributed by atoms with Gasteiger partial charge in [-0.15, -0.1) is 0 Å². The van der Waals surface area contributed by atoms with Crippen LogP contribution in [0.4, 0.5) is 0 Å². The summed E-state index contributed by atoms with van der Waals surface area (Å²) >= 11 is 10.0. The zero-order valence-corrected chi connectivity index (χ0v) is 11.1. The van der Waals surface area contributed by atoms with E-state index in [1.54, 1.807) is 24.3 Å². The molecule has 0 radical (unpaired) electrons. The minimum atomic E-state index is -0.920. The molecule has 0 saturated carbocycles. The molecule has 0 aliphatic heterocycles. The monoisotopic (exact) mass is 370 g/mol. The lowest BCUT2D eigenvalue weighted by Gasteiger charge is -2.11. The fourth-order valence-electron chi connectivity index (χ4n) is 0.802. The zero-order chi connectivity index (χ0) is 10.1. The van der Waals surface area contributed by atoms with Gasteiger partial charge in [-0.1, -0.05) is 59.9 Å². The number of benzene rings is 1. The molecule has 5 heteroatoms. The van der Waals surface area contributed by atoms with Gasteiger partial charge in [0.25, 0.3) is 0 Å². The van der Waals surface area contributed by atoms with E-state index >= 15 is 0 Å². The summed E-state index contributed by atoms with van der Waals surface area (Å²) in [5.41, 5.74) is 1.18. The second kappa shape index (κ2) is 4.11. The fourth-order valence-corrected chi connectivity index (χ4v) is 1.59. The predicted molar refractivity (Wildman–Crippen MR) is 61.9 cm³/mol. The Labute approximate surface area is 101 Å². The Morgan fingerprint density at radius 3 is 1.92 bits per heavy atom. The summed E-state index contributed by atoms with van der Waals surface area (Å²) in [5, 5.41) is 8.64. The summed E-state index contributed by atoms with van der Waals surface area (Å²) in [6.45, 7) is 0. The summed E-state index contributed by atoms with van der Waals surface area (Å²) < 4.78 is -0.482. The molecule has 0 atom stereocenters. The smallest absolute Gasteiger partial charge is 0.335 e. The molecule has 0 spiro atoms. The number of carboxylic acids is 1. The molecule has 0 heterocycles. The van der Waals surface area contributed by atoms with Crippen molar-refractivity contribution >= 4 is 53.8 Å². The Balaban J connectivity index is 3.01. The molecular weight excluding hydrogens is 368 g/mol. The van der Waals surface area contributed by atoms with Crippen molar-refractivity contribution in [3.05, 3.63) is 35.4 Å².